The highest BCUT2D eigenvalue weighted by Crippen LogP contribution is 2.29. The van der Waals surface area contributed by atoms with Crippen LogP contribution in [0.3, 0.4) is 0 Å². The SMILES string of the molecule is O=C1CC(=S)NC(=O)/C1=C\c1cn(C(=O)c2ccccc2Br)c2ccc(Cl)cc12. The highest BCUT2D eigenvalue weighted by Gasteiger charge is 2.27. The van der Waals surface area contributed by atoms with Crippen LogP contribution < -0.4 is 5.32 Å². The van der Waals surface area contributed by atoms with Crippen molar-refractivity contribution in [2.45, 2.75) is 6.42 Å². The van der Waals surface area contributed by atoms with E-state index in [0.717, 1.165) is 0 Å². The Morgan fingerprint density at radius 1 is 1.21 bits per heavy atom. The summed E-state index contributed by atoms with van der Waals surface area (Å²) in [5.41, 5.74) is 1.62. The minimum atomic E-state index is -0.550. The van der Waals surface area contributed by atoms with Gasteiger partial charge in [-0.05, 0) is 52.3 Å². The Labute approximate surface area is 184 Å². The first-order chi connectivity index (χ1) is 13.8. The van der Waals surface area contributed by atoms with E-state index in [1.54, 1.807) is 42.6 Å². The lowest BCUT2D eigenvalue weighted by atomic mass is 10.0. The zero-order chi connectivity index (χ0) is 20.7. The lowest BCUT2D eigenvalue weighted by Gasteiger charge is -2.14. The number of hydrogen-bond donors (Lipinski definition) is 1. The summed E-state index contributed by atoms with van der Waals surface area (Å²) in [6.07, 6.45) is 3.05. The number of aromatic nitrogens is 1. The molecule has 1 aliphatic heterocycles. The molecule has 1 saturated heterocycles. The summed E-state index contributed by atoms with van der Waals surface area (Å²) in [5, 5.41) is 3.63. The van der Waals surface area contributed by atoms with E-state index in [9.17, 15) is 14.4 Å². The number of halogens is 2. The van der Waals surface area contributed by atoms with E-state index in [0.29, 0.717) is 31.5 Å². The van der Waals surface area contributed by atoms with E-state index in [-0.39, 0.29) is 28.7 Å². The zero-order valence-corrected chi connectivity index (χ0v) is 17.9. The number of rotatable bonds is 2. The highest BCUT2D eigenvalue weighted by molar-refractivity contribution is 9.10. The number of hydrogen-bond acceptors (Lipinski definition) is 4. The molecule has 1 aliphatic rings. The Morgan fingerprint density at radius 2 is 1.97 bits per heavy atom. The van der Waals surface area contributed by atoms with Gasteiger partial charge in [-0.3, -0.25) is 19.0 Å². The van der Waals surface area contributed by atoms with Crippen LogP contribution in [-0.2, 0) is 9.59 Å². The molecule has 1 N–H and O–H groups in total. The molecule has 0 saturated carbocycles. The van der Waals surface area contributed by atoms with Gasteiger partial charge in [0.05, 0.1) is 28.1 Å². The molecule has 144 valence electrons. The smallest absolute Gasteiger partial charge is 0.263 e. The number of carbonyl (C=O) groups excluding carboxylic acids is 3. The summed E-state index contributed by atoms with van der Waals surface area (Å²) in [6, 6.07) is 12.2. The third-order valence-corrected chi connectivity index (χ3v) is 5.71. The molecular formula is C21H12BrClN2O3S. The number of fused-ring (bicyclic) bond motifs is 1. The lowest BCUT2D eigenvalue weighted by Crippen LogP contribution is -2.39. The first kappa shape index (κ1) is 19.7. The Kier molecular flexibility index (Phi) is 5.21. The van der Waals surface area contributed by atoms with Crippen LogP contribution in [0.1, 0.15) is 22.3 Å². The number of amides is 1. The summed E-state index contributed by atoms with van der Waals surface area (Å²) < 4.78 is 2.14. The van der Waals surface area contributed by atoms with Gasteiger partial charge in [-0.15, -0.1) is 0 Å². The molecule has 0 spiro atoms. The van der Waals surface area contributed by atoms with Gasteiger partial charge in [-0.2, -0.15) is 0 Å². The number of nitrogens with zero attached hydrogens (tertiary/aromatic N) is 1. The standard InChI is InChI=1S/C21H12BrClN2O3S/c22-16-4-2-1-3-13(16)21(28)25-10-11(14-8-12(23)5-6-17(14)25)7-15-18(26)9-19(29)24-20(15)27/h1-8,10H,9H2,(H,24,27,29)/b15-7-. The summed E-state index contributed by atoms with van der Waals surface area (Å²) in [4.78, 5) is 37.9. The second-order valence-electron chi connectivity index (χ2n) is 6.44. The molecule has 1 aromatic heterocycles. The van der Waals surface area contributed by atoms with E-state index in [1.165, 1.54) is 10.6 Å². The third kappa shape index (κ3) is 3.69. The maximum atomic E-state index is 13.2. The average Bonchev–Trinajstić information content (AvgIpc) is 3.02. The van der Waals surface area contributed by atoms with Gasteiger partial charge in [-0.25, -0.2) is 0 Å². The van der Waals surface area contributed by atoms with E-state index in [1.807, 2.05) is 6.07 Å². The van der Waals surface area contributed by atoms with Crippen LogP contribution in [0.25, 0.3) is 17.0 Å². The Morgan fingerprint density at radius 3 is 2.69 bits per heavy atom. The number of benzene rings is 2. The van der Waals surface area contributed by atoms with Gasteiger partial charge < -0.3 is 5.32 Å². The summed E-state index contributed by atoms with van der Waals surface area (Å²) in [6.45, 7) is 0. The van der Waals surface area contributed by atoms with Crippen molar-refractivity contribution in [3.63, 3.8) is 0 Å². The monoisotopic (exact) mass is 486 g/mol. The topological polar surface area (TPSA) is 68.2 Å². The number of thiocarbonyl (C=S) groups is 1. The predicted molar refractivity (Wildman–Crippen MR) is 119 cm³/mol. The van der Waals surface area contributed by atoms with Gasteiger partial charge in [0.15, 0.2) is 5.78 Å². The van der Waals surface area contributed by atoms with Gasteiger partial charge in [0.25, 0.3) is 11.8 Å². The van der Waals surface area contributed by atoms with Crippen molar-refractivity contribution in [3.05, 3.63) is 74.9 Å². The minimum Gasteiger partial charge on any atom is -0.316 e. The molecule has 0 atom stereocenters. The number of nitrogens with one attached hydrogen (secondary N) is 1. The normalized spacial score (nSPS) is 15.8. The van der Waals surface area contributed by atoms with Gasteiger partial charge in [0.1, 0.15) is 0 Å². The predicted octanol–water partition coefficient (Wildman–Crippen LogP) is 4.55. The molecular weight excluding hydrogens is 476 g/mol. The highest BCUT2D eigenvalue weighted by atomic mass is 79.9. The van der Waals surface area contributed by atoms with Gasteiger partial charge in [-0.1, -0.05) is 36.0 Å². The molecule has 1 amide bonds. The lowest BCUT2D eigenvalue weighted by molar-refractivity contribution is -0.122. The largest absolute Gasteiger partial charge is 0.316 e. The van der Waals surface area contributed by atoms with Crippen LogP contribution in [-0.4, -0.2) is 27.2 Å². The summed E-state index contributed by atoms with van der Waals surface area (Å²) in [5.74, 6) is -1.17. The summed E-state index contributed by atoms with van der Waals surface area (Å²) >= 11 is 14.5. The second kappa shape index (κ2) is 7.67. The molecule has 0 radical (unpaired) electrons. The molecule has 3 aromatic rings. The number of Topliss-reactive ketones (excluding diaryl/α,β-unsaturated/α-hetero) is 1. The molecule has 0 unspecified atom stereocenters. The number of carbonyl (C=O) groups is 3. The van der Waals surface area contributed by atoms with Gasteiger partial charge in [0, 0.05) is 26.6 Å². The zero-order valence-electron chi connectivity index (χ0n) is 14.7. The molecule has 0 bridgehead atoms. The van der Waals surface area contributed by atoms with Crippen molar-refractivity contribution in [3.8, 4) is 0 Å². The number of ketones is 1. The van der Waals surface area contributed by atoms with Crippen LogP contribution in [0.15, 0.2) is 58.7 Å². The second-order valence-corrected chi connectivity index (χ2v) is 8.22. The first-order valence-electron chi connectivity index (χ1n) is 8.54. The molecule has 2 heterocycles. The van der Waals surface area contributed by atoms with Crippen LogP contribution in [0.5, 0.6) is 0 Å². The fourth-order valence-electron chi connectivity index (χ4n) is 3.18. The molecule has 0 aliphatic carbocycles. The van der Waals surface area contributed by atoms with Crippen LogP contribution in [0.4, 0.5) is 0 Å². The fraction of sp³-hybridized carbons (Fsp3) is 0.0476. The first-order valence-corrected chi connectivity index (χ1v) is 10.1. The summed E-state index contributed by atoms with van der Waals surface area (Å²) in [7, 11) is 0. The Hall–Kier alpha value is -2.61. The van der Waals surface area contributed by atoms with E-state index >= 15 is 0 Å². The van der Waals surface area contributed by atoms with Crippen LogP contribution >= 0.6 is 39.7 Å². The van der Waals surface area contributed by atoms with Crippen LogP contribution in [0.2, 0.25) is 5.02 Å². The number of piperidine rings is 1. The molecule has 1 fully saturated rings. The third-order valence-electron chi connectivity index (χ3n) is 4.54. The van der Waals surface area contributed by atoms with E-state index in [2.05, 4.69) is 21.2 Å². The molecule has 4 rings (SSSR count). The molecule has 5 nitrogen and oxygen atoms in total. The van der Waals surface area contributed by atoms with E-state index < -0.39 is 5.91 Å². The molecule has 8 heteroatoms. The maximum Gasteiger partial charge on any atom is 0.263 e. The van der Waals surface area contributed by atoms with Gasteiger partial charge >= 0.3 is 0 Å². The maximum absolute atomic E-state index is 13.2. The fourth-order valence-corrected chi connectivity index (χ4v) is 4.03. The van der Waals surface area contributed by atoms with Crippen molar-refractivity contribution < 1.29 is 14.4 Å². The van der Waals surface area contributed by atoms with E-state index in [4.69, 9.17) is 23.8 Å². The Balaban J connectivity index is 1.89. The molecule has 29 heavy (non-hydrogen) atoms. The van der Waals surface area contributed by atoms with Crippen molar-refractivity contribution in [2.75, 3.05) is 0 Å². The average molecular weight is 488 g/mol. The van der Waals surface area contributed by atoms with Crippen molar-refractivity contribution in [1.82, 2.24) is 9.88 Å². The van der Waals surface area contributed by atoms with Crippen LogP contribution in [0, 0.1) is 0 Å². The van der Waals surface area contributed by atoms with Crippen molar-refractivity contribution >= 4 is 79.3 Å². The Bertz CT molecular complexity index is 1240. The molecule has 2 aromatic carbocycles. The van der Waals surface area contributed by atoms with Gasteiger partial charge in [0.2, 0.25) is 0 Å². The minimum absolute atomic E-state index is 0.00836. The quantitative estimate of drug-likeness (QED) is 0.327. The van der Waals surface area contributed by atoms with Crippen molar-refractivity contribution in [1.29, 1.82) is 0 Å². The van der Waals surface area contributed by atoms with Crippen molar-refractivity contribution in [2.24, 2.45) is 0 Å².